The van der Waals surface area contributed by atoms with Gasteiger partial charge in [-0.3, -0.25) is 10.1 Å². The van der Waals surface area contributed by atoms with Crippen molar-refractivity contribution >= 4 is 17.5 Å². The molecule has 5 nitrogen and oxygen atoms in total. The summed E-state index contributed by atoms with van der Waals surface area (Å²) in [5.41, 5.74) is 1.01. The van der Waals surface area contributed by atoms with Crippen molar-refractivity contribution in [3.05, 3.63) is 41.2 Å². The number of carbonyl (C=O) groups excluding carboxylic acids is 1. The van der Waals surface area contributed by atoms with Crippen molar-refractivity contribution in [1.29, 1.82) is 0 Å². The smallest absolute Gasteiger partial charge is 0.264 e. The summed E-state index contributed by atoms with van der Waals surface area (Å²) in [6.07, 6.45) is 1.14. The fraction of sp³-hybridized carbons (Fsp3) is 0.438. The van der Waals surface area contributed by atoms with Crippen LogP contribution in [0, 0.1) is 5.92 Å². The summed E-state index contributed by atoms with van der Waals surface area (Å²) in [6.45, 7) is 5.39. The van der Waals surface area contributed by atoms with Crippen molar-refractivity contribution in [2.45, 2.75) is 26.6 Å². The number of amides is 1. The van der Waals surface area contributed by atoms with E-state index in [-0.39, 0.29) is 5.91 Å². The molecule has 0 aliphatic carbocycles. The van der Waals surface area contributed by atoms with Gasteiger partial charge in [0.15, 0.2) is 6.17 Å². The molecule has 22 heavy (non-hydrogen) atoms. The van der Waals surface area contributed by atoms with Gasteiger partial charge in [0.05, 0.1) is 13.7 Å². The van der Waals surface area contributed by atoms with Crippen LogP contribution in [0.25, 0.3) is 0 Å². The van der Waals surface area contributed by atoms with Crippen molar-refractivity contribution in [1.82, 2.24) is 15.5 Å². The third kappa shape index (κ3) is 4.39. The van der Waals surface area contributed by atoms with Gasteiger partial charge in [-0.25, -0.2) is 0 Å². The van der Waals surface area contributed by atoms with E-state index in [0.29, 0.717) is 17.6 Å². The van der Waals surface area contributed by atoms with Crippen LogP contribution in [0.2, 0.25) is 0 Å². The highest BCUT2D eigenvalue weighted by molar-refractivity contribution is 6.29. The average Bonchev–Trinajstić information content (AvgIpc) is 2.49. The summed E-state index contributed by atoms with van der Waals surface area (Å²) >= 11 is 6.10. The maximum Gasteiger partial charge on any atom is 0.264 e. The van der Waals surface area contributed by atoms with E-state index < -0.39 is 6.17 Å². The van der Waals surface area contributed by atoms with Gasteiger partial charge in [0, 0.05) is 6.20 Å². The third-order valence-corrected chi connectivity index (χ3v) is 3.53. The second kappa shape index (κ2) is 7.51. The van der Waals surface area contributed by atoms with Gasteiger partial charge in [-0.1, -0.05) is 37.6 Å². The van der Waals surface area contributed by atoms with Crippen LogP contribution in [-0.4, -0.2) is 30.6 Å². The van der Waals surface area contributed by atoms with Gasteiger partial charge in [0.2, 0.25) is 0 Å². The maximum absolute atomic E-state index is 12.5. The second-order valence-electron chi connectivity index (χ2n) is 5.67. The Morgan fingerprint density at radius 3 is 2.64 bits per heavy atom. The molecule has 0 radical (unpaired) electrons. The number of nitrogens with zero attached hydrogens (tertiary/aromatic N) is 1. The van der Waals surface area contributed by atoms with Crippen molar-refractivity contribution in [3.8, 4) is 5.75 Å². The van der Waals surface area contributed by atoms with Gasteiger partial charge in [-0.05, 0) is 30.2 Å². The minimum absolute atomic E-state index is 0.0409. The molecule has 0 aromatic heterocycles. The summed E-state index contributed by atoms with van der Waals surface area (Å²) in [6, 6.07) is 7.63. The van der Waals surface area contributed by atoms with Gasteiger partial charge in [0.1, 0.15) is 10.9 Å². The Hall–Kier alpha value is -1.72. The molecule has 0 bridgehead atoms. The number of hydrogen-bond donors (Lipinski definition) is 2. The minimum Gasteiger partial charge on any atom is -0.497 e. The lowest BCUT2D eigenvalue weighted by Gasteiger charge is -2.31. The first-order chi connectivity index (χ1) is 10.5. The van der Waals surface area contributed by atoms with Crippen molar-refractivity contribution in [2.24, 2.45) is 5.92 Å². The van der Waals surface area contributed by atoms with Crippen molar-refractivity contribution < 1.29 is 9.53 Å². The van der Waals surface area contributed by atoms with E-state index in [2.05, 4.69) is 24.5 Å². The SMILES string of the molecule is COc1ccc(CN2C=C(Cl)NC(NCC(C)C)C2=O)cc1. The van der Waals surface area contributed by atoms with Crippen molar-refractivity contribution in [3.63, 3.8) is 0 Å². The molecule has 1 atom stereocenters. The van der Waals surface area contributed by atoms with E-state index in [1.165, 1.54) is 0 Å². The highest BCUT2D eigenvalue weighted by atomic mass is 35.5. The number of benzene rings is 1. The molecule has 1 heterocycles. The molecule has 2 N–H and O–H groups in total. The van der Waals surface area contributed by atoms with E-state index in [0.717, 1.165) is 17.9 Å². The maximum atomic E-state index is 12.5. The van der Waals surface area contributed by atoms with Gasteiger partial charge in [0.25, 0.3) is 5.91 Å². The Balaban J connectivity index is 2.05. The van der Waals surface area contributed by atoms with E-state index in [9.17, 15) is 4.79 Å². The molecule has 6 heteroatoms. The molecule has 2 rings (SSSR count). The molecule has 120 valence electrons. The number of rotatable bonds is 6. The number of ether oxygens (including phenoxy) is 1. The number of carbonyl (C=O) groups is 1. The number of halogens is 1. The lowest BCUT2D eigenvalue weighted by molar-refractivity contribution is -0.132. The van der Waals surface area contributed by atoms with E-state index >= 15 is 0 Å². The zero-order valence-electron chi connectivity index (χ0n) is 13.1. The molecule has 0 spiro atoms. The summed E-state index contributed by atoms with van der Waals surface area (Å²) < 4.78 is 5.14. The average molecular weight is 324 g/mol. The number of methoxy groups -OCH3 is 1. The summed E-state index contributed by atoms with van der Waals surface area (Å²) in [4.78, 5) is 14.1. The fourth-order valence-corrected chi connectivity index (χ4v) is 2.37. The summed E-state index contributed by atoms with van der Waals surface area (Å²) in [5.74, 6) is 1.20. The largest absolute Gasteiger partial charge is 0.497 e. The molecule has 1 aromatic rings. The Kier molecular flexibility index (Phi) is 5.69. The van der Waals surface area contributed by atoms with Crippen LogP contribution in [0.5, 0.6) is 5.75 Å². The summed E-state index contributed by atoms with van der Waals surface area (Å²) in [7, 11) is 1.63. The second-order valence-corrected chi connectivity index (χ2v) is 6.08. The number of nitrogens with one attached hydrogen (secondary N) is 2. The monoisotopic (exact) mass is 323 g/mol. The lowest BCUT2D eigenvalue weighted by Crippen LogP contribution is -2.55. The van der Waals surface area contributed by atoms with E-state index in [1.54, 1.807) is 18.2 Å². The Labute approximate surface area is 136 Å². The minimum atomic E-state index is -0.488. The molecule has 1 aliphatic rings. The molecule has 1 aromatic carbocycles. The molecule has 0 saturated carbocycles. The van der Waals surface area contributed by atoms with Gasteiger partial charge < -0.3 is 15.0 Å². The topological polar surface area (TPSA) is 53.6 Å². The zero-order valence-corrected chi connectivity index (χ0v) is 13.9. The molecule has 1 aliphatic heterocycles. The Bertz CT molecular complexity index is 543. The van der Waals surface area contributed by atoms with Crippen LogP contribution < -0.4 is 15.4 Å². The van der Waals surface area contributed by atoms with Crippen LogP contribution in [0.1, 0.15) is 19.4 Å². The Morgan fingerprint density at radius 1 is 1.36 bits per heavy atom. The predicted octanol–water partition coefficient (Wildman–Crippen LogP) is 2.24. The van der Waals surface area contributed by atoms with Gasteiger partial charge in [-0.15, -0.1) is 0 Å². The molecule has 0 saturated heterocycles. The summed E-state index contributed by atoms with van der Waals surface area (Å²) in [5, 5.41) is 6.60. The molecule has 1 amide bonds. The lowest BCUT2D eigenvalue weighted by atomic mass is 10.2. The quantitative estimate of drug-likeness (QED) is 0.788. The fourth-order valence-electron chi connectivity index (χ4n) is 2.15. The highest BCUT2D eigenvalue weighted by Gasteiger charge is 2.28. The highest BCUT2D eigenvalue weighted by Crippen LogP contribution is 2.17. The van der Waals surface area contributed by atoms with E-state index in [4.69, 9.17) is 16.3 Å². The van der Waals surface area contributed by atoms with Crippen molar-refractivity contribution in [2.75, 3.05) is 13.7 Å². The first-order valence-electron chi connectivity index (χ1n) is 7.30. The normalized spacial score (nSPS) is 18.2. The van der Waals surface area contributed by atoms with Crippen LogP contribution >= 0.6 is 11.6 Å². The van der Waals surface area contributed by atoms with Crippen LogP contribution in [0.3, 0.4) is 0 Å². The van der Waals surface area contributed by atoms with Crippen LogP contribution in [-0.2, 0) is 11.3 Å². The van der Waals surface area contributed by atoms with E-state index in [1.807, 2.05) is 24.3 Å². The first kappa shape index (κ1) is 16.6. The van der Waals surface area contributed by atoms with Gasteiger partial charge >= 0.3 is 0 Å². The predicted molar refractivity (Wildman–Crippen MR) is 87.2 cm³/mol. The first-order valence-corrected chi connectivity index (χ1v) is 7.68. The van der Waals surface area contributed by atoms with Gasteiger partial charge in [-0.2, -0.15) is 0 Å². The molecular formula is C16H22ClN3O2. The third-order valence-electron chi connectivity index (χ3n) is 3.32. The van der Waals surface area contributed by atoms with Crippen LogP contribution in [0.4, 0.5) is 0 Å². The number of hydrogen-bond acceptors (Lipinski definition) is 4. The standard InChI is InChI=1S/C16H22ClN3O2/c1-11(2)8-18-15-16(21)20(10-14(17)19-15)9-12-4-6-13(22-3)7-5-12/h4-7,10-11,15,18-19H,8-9H2,1-3H3. The molecular weight excluding hydrogens is 302 g/mol. The molecule has 1 unspecified atom stereocenters. The zero-order chi connectivity index (χ0) is 16.1. The Morgan fingerprint density at radius 2 is 2.05 bits per heavy atom. The van der Waals surface area contributed by atoms with Crippen LogP contribution in [0.15, 0.2) is 35.6 Å². The molecule has 0 fully saturated rings.